The molecular weight excluding hydrogens is 368 g/mol. The summed E-state index contributed by atoms with van der Waals surface area (Å²) >= 11 is 0. The minimum absolute atomic E-state index is 0.147. The van der Waals surface area contributed by atoms with Crippen LogP contribution in [0.15, 0.2) is 57.7 Å². The van der Waals surface area contributed by atoms with Crippen LogP contribution in [0.1, 0.15) is 34.1 Å². The lowest BCUT2D eigenvalue weighted by atomic mass is 9.98. The number of carbonyl (C=O) groups is 1. The van der Waals surface area contributed by atoms with Crippen LogP contribution in [-0.4, -0.2) is 50.0 Å². The van der Waals surface area contributed by atoms with Gasteiger partial charge in [-0.1, -0.05) is 24.3 Å². The Morgan fingerprint density at radius 3 is 2.48 bits per heavy atom. The number of rotatable bonds is 6. The van der Waals surface area contributed by atoms with Gasteiger partial charge < -0.3 is 19.0 Å². The summed E-state index contributed by atoms with van der Waals surface area (Å²) in [5, 5.41) is 0.493. The normalized spacial score (nSPS) is 15.9. The smallest absolute Gasteiger partial charge is 0.290 e. The summed E-state index contributed by atoms with van der Waals surface area (Å²) in [6.07, 6.45) is 0.799. The van der Waals surface area contributed by atoms with Crippen molar-refractivity contribution in [1.29, 1.82) is 0 Å². The molecule has 0 bridgehead atoms. The third-order valence-corrected chi connectivity index (χ3v) is 5.31. The number of benzene rings is 2. The Balaban J connectivity index is 1.85. The molecule has 0 saturated carbocycles. The van der Waals surface area contributed by atoms with Gasteiger partial charge in [0.1, 0.15) is 11.3 Å². The first-order valence-electron chi connectivity index (χ1n) is 9.66. The quantitative estimate of drug-likeness (QED) is 0.644. The summed E-state index contributed by atoms with van der Waals surface area (Å²) in [6.45, 7) is 1.38. The fraction of sp³-hybridized carbons (Fsp3) is 0.304. The van der Waals surface area contributed by atoms with E-state index in [9.17, 15) is 9.59 Å². The third-order valence-electron chi connectivity index (χ3n) is 5.31. The van der Waals surface area contributed by atoms with E-state index in [0.29, 0.717) is 23.1 Å². The topological polar surface area (TPSA) is 63.0 Å². The first kappa shape index (κ1) is 19.2. The van der Waals surface area contributed by atoms with Gasteiger partial charge >= 0.3 is 0 Å². The molecule has 2 aromatic carbocycles. The average molecular weight is 392 g/mol. The minimum atomic E-state index is -0.466. The molecule has 1 unspecified atom stereocenters. The van der Waals surface area contributed by atoms with E-state index in [1.54, 1.807) is 36.3 Å². The van der Waals surface area contributed by atoms with Crippen LogP contribution < -0.4 is 10.2 Å². The van der Waals surface area contributed by atoms with Gasteiger partial charge in [0.05, 0.1) is 24.1 Å². The van der Waals surface area contributed by atoms with Crippen LogP contribution in [0.25, 0.3) is 11.0 Å². The number of carbonyl (C=O) groups excluding carboxylic acids is 1. The zero-order valence-electron chi connectivity index (χ0n) is 16.8. The van der Waals surface area contributed by atoms with Crippen LogP contribution in [0.3, 0.4) is 0 Å². The maximum atomic E-state index is 13.3. The Kier molecular flexibility index (Phi) is 5.11. The minimum Gasteiger partial charge on any atom is -0.497 e. The summed E-state index contributed by atoms with van der Waals surface area (Å²) < 4.78 is 11.2. The van der Waals surface area contributed by atoms with Crippen molar-refractivity contribution in [2.24, 2.45) is 0 Å². The van der Waals surface area contributed by atoms with Crippen molar-refractivity contribution in [1.82, 2.24) is 9.80 Å². The lowest BCUT2D eigenvalue weighted by molar-refractivity contribution is 0.0722. The highest BCUT2D eigenvalue weighted by Crippen LogP contribution is 2.38. The van der Waals surface area contributed by atoms with Gasteiger partial charge in [-0.15, -0.1) is 0 Å². The standard InChI is InChI=1S/C23H24N2O4/c1-24(2)13-6-14-25-20(15-9-11-16(28-3)12-10-15)19-21(26)17-7-4-5-8-18(17)29-22(19)23(25)27/h4-5,7-12,20H,6,13-14H2,1-3H3. The molecule has 1 amide bonds. The molecule has 29 heavy (non-hydrogen) atoms. The van der Waals surface area contributed by atoms with E-state index >= 15 is 0 Å². The summed E-state index contributed by atoms with van der Waals surface area (Å²) in [7, 11) is 5.61. The molecule has 6 heteroatoms. The molecule has 4 rings (SSSR count). The van der Waals surface area contributed by atoms with E-state index in [4.69, 9.17) is 9.15 Å². The highest BCUT2D eigenvalue weighted by molar-refractivity contribution is 5.99. The predicted octanol–water partition coefficient (Wildman–Crippen LogP) is 3.30. The van der Waals surface area contributed by atoms with Gasteiger partial charge in [-0.25, -0.2) is 0 Å². The maximum Gasteiger partial charge on any atom is 0.290 e. The molecule has 6 nitrogen and oxygen atoms in total. The van der Waals surface area contributed by atoms with E-state index in [0.717, 1.165) is 24.3 Å². The number of nitrogens with zero attached hydrogens (tertiary/aromatic N) is 2. The summed E-state index contributed by atoms with van der Waals surface area (Å²) in [6, 6.07) is 14.1. The molecule has 0 fully saturated rings. The molecule has 1 aromatic heterocycles. The molecule has 3 aromatic rings. The fourth-order valence-corrected chi connectivity index (χ4v) is 3.89. The van der Waals surface area contributed by atoms with Crippen LogP contribution in [0.4, 0.5) is 0 Å². The molecule has 150 valence electrons. The third kappa shape index (κ3) is 3.40. The van der Waals surface area contributed by atoms with Crippen LogP contribution in [-0.2, 0) is 0 Å². The lowest BCUT2D eigenvalue weighted by Gasteiger charge is -2.25. The van der Waals surface area contributed by atoms with Crippen molar-refractivity contribution in [3.05, 3.63) is 75.6 Å². The molecular formula is C23H24N2O4. The number of para-hydroxylation sites is 1. The zero-order valence-corrected chi connectivity index (χ0v) is 16.8. The van der Waals surface area contributed by atoms with Crippen LogP contribution >= 0.6 is 0 Å². The van der Waals surface area contributed by atoms with Gasteiger partial charge in [-0.2, -0.15) is 0 Å². The van der Waals surface area contributed by atoms with E-state index in [1.165, 1.54) is 0 Å². The Morgan fingerprint density at radius 2 is 1.79 bits per heavy atom. The van der Waals surface area contributed by atoms with E-state index in [1.807, 2.05) is 38.4 Å². The second kappa shape index (κ2) is 7.72. The number of ether oxygens (including phenoxy) is 1. The fourth-order valence-electron chi connectivity index (χ4n) is 3.89. The molecule has 0 spiro atoms. The highest BCUT2D eigenvalue weighted by atomic mass is 16.5. The molecule has 1 atom stereocenters. The molecule has 0 N–H and O–H groups in total. The van der Waals surface area contributed by atoms with Crippen molar-refractivity contribution in [3.63, 3.8) is 0 Å². The lowest BCUT2D eigenvalue weighted by Crippen LogP contribution is -2.32. The van der Waals surface area contributed by atoms with Crippen LogP contribution in [0, 0.1) is 0 Å². The molecule has 1 aliphatic heterocycles. The van der Waals surface area contributed by atoms with Gasteiger partial charge in [-0.3, -0.25) is 9.59 Å². The van der Waals surface area contributed by atoms with Crippen LogP contribution in [0.2, 0.25) is 0 Å². The van der Waals surface area contributed by atoms with E-state index in [-0.39, 0.29) is 17.1 Å². The molecule has 2 heterocycles. The number of methoxy groups -OCH3 is 1. The number of hydrogen-bond acceptors (Lipinski definition) is 5. The van der Waals surface area contributed by atoms with Crippen LogP contribution in [0.5, 0.6) is 5.75 Å². The summed E-state index contributed by atoms with van der Waals surface area (Å²) in [5.41, 5.74) is 1.58. The second-order valence-corrected chi connectivity index (χ2v) is 7.50. The Morgan fingerprint density at radius 1 is 1.07 bits per heavy atom. The molecule has 1 aliphatic rings. The van der Waals surface area contributed by atoms with Crippen molar-refractivity contribution in [3.8, 4) is 5.75 Å². The predicted molar refractivity (Wildman–Crippen MR) is 112 cm³/mol. The summed E-state index contributed by atoms with van der Waals surface area (Å²) in [4.78, 5) is 30.4. The van der Waals surface area contributed by atoms with E-state index in [2.05, 4.69) is 4.90 Å². The van der Waals surface area contributed by atoms with Crippen molar-refractivity contribution in [2.45, 2.75) is 12.5 Å². The largest absolute Gasteiger partial charge is 0.497 e. The van der Waals surface area contributed by atoms with Gasteiger partial charge in [0.25, 0.3) is 5.91 Å². The van der Waals surface area contributed by atoms with Gasteiger partial charge in [0, 0.05) is 6.54 Å². The molecule has 0 aliphatic carbocycles. The van der Waals surface area contributed by atoms with E-state index < -0.39 is 6.04 Å². The van der Waals surface area contributed by atoms with Crippen molar-refractivity contribution < 1.29 is 13.9 Å². The molecule has 0 radical (unpaired) electrons. The number of amides is 1. The first-order valence-corrected chi connectivity index (χ1v) is 9.66. The Bertz CT molecular complexity index is 1100. The molecule has 0 saturated heterocycles. The van der Waals surface area contributed by atoms with Gasteiger partial charge in [0.15, 0.2) is 5.43 Å². The monoisotopic (exact) mass is 392 g/mol. The number of fused-ring (bicyclic) bond motifs is 2. The van der Waals surface area contributed by atoms with Crippen molar-refractivity contribution >= 4 is 16.9 Å². The number of hydrogen-bond donors (Lipinski definition) is 0. The van der Waals surface area contributed by atoms with Gasteiger partial charge in [0.2, 0.25) is 5.76 Å². The average Bonchev–Trinajstić information content (AvgIpc) is 3.00. The maximum absolute atomic E-state index is 13.3. The Labute approximate surface area is 169 Å². The first-order chi connectivity index (χ1) is 14.0. The SMILES string of the molecule is COc1ccc(C2c3c(oc4ccccc4c3=O)C(=O)N2CCCN(C)C)cc1. The zero-order chi connectivity index (χ0) is 20.5. The second-order valence-electron chi connectivity index (χ2n) is 7.50. The highest BCUT2D eigenvalue weighted by Gasteiger charge is 2.42. The van der Waals surface area contributed by atoms with Gasteiger partial charge in [-0.05, 0) is 56.9 Å². The summed E-state index contributed by atoms with van der Waals surface area (Å²) in [5.74, 6) is 0.643. The Hall–Kier alpha value is -3.12. The van der Waals surface area contributed by atoms with Crippen molar-refractivity contribution in [2.75, 3.05) is 34.3 Å².